The van der Waals surface area contributed by atoms with Crippen LogP contribution in [0.5, 0.6) is 0 Å². The summed E-state index contributed by atoms with van der Waals surface area (Å²) in [5, 5.41) is 1.22. The number of benzene rings is 8. The van der Waals surface area contributed by atoms with Crippen molar-refractivity contribution in [2.45, 2.75) is 0 Å². The third-order valence-corrected chi connectivity index (χ3v) is 11.0. The molecule has 0 bridgehead atoms. The molecule has 0 fully saturated rings. The van der Waals surface area contributed by atoms with Crippen LogP contribution in [0.1, 0.15) is 0 Å². The predicted molar refractivity (Wildman–Crippen MR) is 238 cm³/mol. The van der Waals surface area contributed by atoms with Crippen LogP contribution in [-0.2, 0) is 0 Å². The van der Waals surface area contributed by atoms with Crippen molar-refractivity contribution < 1.29 is 0 Å². The van der Waals surface area contributed by atoms with Crippen LogP contribution in [0.3, 0.4) is 0 Å². The highest BCUT2D eigenvalue weighted by Crippen LogP contribution is 2.41. The Balaban J connectivity index is 1.05. The molecule has 272 valence electrons. The molecular formula is C53H35N5. The average molecular weight is 742 g/mol. The molecule has 11 rings (SSSR count). The fourth-order valence-electron chi connectivity index (χ4n) is 8.20. The van der Waals surface area contributed by atoms with Gasteiger partial charge in [0.05, 0.1) is 16.6 Å². The van der Waals surface area contributed by atoms with Gasteiger partial charge in [-0.15, -0.1) is 0 Å². The number of imidazole rings is 1. The van der Waals surface area contributed by atoms with E-state index in [2.05, 4.69) is 209 Å². The number of fused-ring (bicyclic) bond motifs is 5. The van der Waals surface area contributed by atoms with Gasteiger partial charge in [-0.3, -0.25) is 8.97 Å². The molecule has 0 saturated carbocycles. The number of nitrogens with zero attached hydrogens (tertiary/aromatic N) is 5. The molecule has 0 spiro atoms. The second kappa shape index (κ2) is 14.0. The molecular weight excluding hydrogens is 707 g/mol. The fourth-order valence-corrected chi connectivity index (χ4v) is 8.20. The highest BCUT2D eigenvalue weighted by atomic mass is 15.1. The molecule has 5 heteroatoms. The molecule has 0 amide bonds. The van der Waals surface area contributed by atoms with Crippen molar-refractivity contribution >= 4 is 27.6 Å². The summed E-state index contributed by atoms with van der Waals surface area (Å²) in [5.74, 6) is 1.87. The molecule has 0 atom stereocenters. The summed E-state index contributed by atoms with van der Waals surface area (Å²) in [5.41, 5.74) is 15.4. The van der Waals surface area contributed by atoms with Crippen molar-refractivity contribution in [1.82, 2.24) is 23.9 Å². The molecule has 0 aliphatic carbocycles. The molecule has 3 heterocycles. The lowest BCUT2D eigenvalue weighted by Gasteiger charge is -2.12. The van der Waals surface area contributed by atoms with E-state index in [1.165, 1.54) is 33.2 Å². The van der Waals surface area contributed by atoms with Crippen LogP contribution in [0.25, 0.3) is 101 Å². The zero-order chi connectivity index (χ0) is 38.4. The maximum atomic E-state index is 5.11. The normalized spacial score (nSPS) is 11.4. The first-order valence-corrected chi connectivity index (χ1v) is 19.5. The summed E-state index contributed by atoms with van der Waals surface area (Å²) in [6.07, 6.45) is 0. The van der Waals surface area contributed by atoms with E-state index in [0.717, 1.165) is 50.2 Å². The van der Waals surface area contributed by atoms with Gasteiger partial charge in [0, 0.05) is 33.3 Å². The molecule has 0 unspecified atom stereocenters. The lowest BCUT2D eigenvalue weighted by atomic mass is 10.0. The van der Waals surface area contributed by atoms with Crippen LogP contribution in [0.15, 0.2) is 212 Å². The van der Waals surface area contributed by atoms with Crippen LogP contribution in [0.4, 0.5) is 0 Å². The van der Waals surface area contributed by atoms with Crippen molar-refractivity contribution in [1.29, 1.82) is 0 Å². The second-order valence-electron chi connectivity index (χ2n) is 14.5. The molecule has 0 aliphatic rings. The van der Waals surface area contributed by atoms with Gasteiger partial charge < -0.3 is 0 Å². The minimum Gasteiger partial charge on any atom is -0.293 e. The van der Waals surface area contributed by atoms with E-state index in [-0.39, 0.29) is 0 Å². The first kappa shape index (κ1) is 33.4. The van der Waals surface area contributed by atoms with E-state index in [4.69, 9.17) is 15.0 Å². The number of rotatable bonds is 7. The molecule has 0 radical (unpaired) electrons. The lowest BCUT2D eigenvalue weighted by Crippen LogP contribution is -2.01. The Morgan fingerprint density at radius 1 is 0.276 bits per heavy atom. The minimum atomic E-state index is 0.617. The monoisotopic (exact) mass is 741 g/mol. The summed E-state index contributed by atoms with van der Waals surface area (Å²) < 4.78 is 4.78. The summed E-state index contributed by atoms with van der Waals surface area (Å²) in [6.45, 7) is 0. The van der Waals surface area contributed by atoms with E-state index in [1.807, 2.05) is 12.1 Å². The summed E-state index contributed by atoms with van der Waals surface area (Å²) >= 11 is 0. The standard InChI is InChI=1S/C53H35N5/c1-4-14-36(15-5-1)38-24-28-41(29-25-38)50-54-51(42-30-26-39(27-31-42)37-16-6-2-7-17-37)56-52(55-50)43-32-34-44(35-33-43)57-47-22-12-13-23-48(47)58-46-21-11-10-20-45(46)49(53(57)58)40-18-8-3-9-19-40/h1-35H. The SMILES string of the molecule is c1ccc(-c2ccc(-c3nc(-c4ccc(-c5ccccc5)cc4)nc(-c4ccc(-n5c6ccccc6n6c7ccccc7c(-c7ccccc7)c56)cc4)n3)cc2)cc1. The highest BCUT2D eigenvalue weighted by Gasteiger charge is 2.22. The molecule has 0 saturated heterocycles. The van der Waals surface area contributed by atoms with Crippen LogP contribution in [0, 0.1) is 0 Å². The molecule has 0 aliphatic heterocycles. The minimum absolute atomic E-state index is 0.617. The Morgan fingerprint density at radius 2 is 0.638 bits per heavy atom. The van der Waals surface area contributed by atoms with Gasteiger partial charge in [-0.2, -0.15) is 0 Å². The second-order valence-corrected chi connectivity index (χ2v) is 14.5. The first-order valence-electron chi connectivity index (χ1n) is 19.5. The summed E-state index contributed by atoms with van der Waals surface area (Å²) in [6, 6.07) is 74.4. The van der Waals surface area contributed by atoms with Crippen LogP contribution in [0.2, 0.25) is 0 Å². The quantitative estimate of drug-likeness (QED) is 0.163. The zero-order valence-electron chi connectivity index (χ0n) is 31.4. The van der Waals surface area contributed by atoms with Gasteiger partial charge >= 0.3 is 0 Å². The largest absolute Gasteiger partial charge is 0.293 e. The van der Waals surface area contributed by atoms with Crippen molar-refractivity contribution in [2.24, 2.45) is 0 Å². The summed E-state index contributed by atoms with van der Waals surface area (Å²) in [4.78, 5) is 15.3. The summed E-state index contributed by atoms with van der Waals surface area (Å²) in [7, 11) is 0. The Hall–Kier alpha value is -7.89. The van der Waals surface area contributed by atoms with E-state index >= 15 is 0 Å². The third-order valence-electron chi connectivity index (χ3n) is 11.0. The number of aromatic nitrogens is 5. The van der Waals surface area contributed by atoms with Gasteiger partial charge in [-0.1, -0.05) is 170 Å². The van der Waals surface area contributed by atoms with Gasteiger partial charge in [-0.25, -0.2) is 15.0 Å². The van der Waals surface area contributed by atoms with E-state index in [0.29, 0.717) is 17.5 Å². The molecule has 5 nitrogen and oxygen atoms in total. The fraction of sp³-hybridized carbons (Fsp3) is 0. The topological polar surface area (TPSA) is 48.0 Å². The predicted octanol–water partition coefficient (Wildman–Crippen LogP) is 13.2. The van der Waals surface area contributed by atoms with Gasteiger partial charge in [-0.05, 0) is 70.3 Å². The van der Waals surface area contributed by atoms with Crippen molar-refractivity contribution in [3.05, 3.63) is 212 Å². The maximum absolute atomic E-state index is 5.11. The van der Waals surface area contributed by atoms with E-state index in [9.17, 15) is 0 Å². The van der Waals surface area contributed by atoms with Crippen molar-refractivity contribution in [2.75, 3.05) is 0 Å². The van der Waals surface area contributed by atoms with Crippen LogP contribution >= 0.6 is 0 Å². The Kier molecular flexibility index (Phi) is 8.07. The number of hydrogen-bond acceptors (Lipinski definition) is 3. The Bertz CT molecular complexity index is 3120. The van der Waals surface area contributed by atoms with Gasteiger partial charge in [0.25, 0.3) is 0 Å². The number of hydrogen-bond donors (Lipinski definition) is 0. The van der Waals surface area contributed by atoms with Gasteiger partial charge in [0.1, 0.15) is 5.65 Å². The molecule has 58 heavy (non-hydrogen) atoms. The zero-order valence-corrected chi connectivity index (χ0v) is 31.4. The number of para-hydroxylation sites is 3. The van der Waals surface area contributed by atoms with Crippen LogP contribution < -0.4 is 0 Å². The average Bonchev–Trinajstić information content (AvgIpc) is 3.83. The van der Waals surface area contributed by atoms with Gasteiger partial charge in [0.2, 0.25) is 0 Å². The van der Waals surface area contributed by atoms with Crippen molar-refractivity contribution in [3.8, 4) is 73.2 Å². The Labute approximate surface area is 335 Å². The maximum Gasteiger partial charge on any atom is 0.164 e. The molecule has 3 aromatic heterocycles. The molecule has 0 N–H and O–H groups in total. The molecule has 8 aromatic carbocycles. The van der Waals surface area contributed by atoms with E-state index in [1.54, 1.807) is 0 Å². The van der Waals surface area contributed by atoms with E-state index < -0.39 is 0 Å². The first-order chi connectivity index (χ1) is 28.8. The third kappa shape index (κ3) is 5.76. The van der Waals surface area contributed by atoms with Gasteiger partial charge in [0.15, 0.2) is 17.5 Å². The highest BCUT2D eigenvalue weighted by molar-refractivity contribution is 6.09. The smallest absolute Gasteiger partial charge is 0.164 e. The Morgan fingerprint density at radius 3 is 1.14 bits per heavy atom. The molecule has 11 aromatic rings. The van der Waals surface area contributed by atoms with Crippen molar-refractivity contribution in [3.63, 3.8) is 0 Å². The lowest BCUT2D eigenvalue weighted by molar-refractivity contribution is 1.07. The van der Waals surface area contributed by atoms with Crippen LogP contribution in [-0.4, -0.2) is 23.9 Å².